The first-order chi connectivity index (χ1) is 13.1. The van der Waals surface area contributed by atoms with E-state index in [1.165, 1.54) is 51.4 Å². The lowest BCUT2D eigenvalue weighted by molar-refractivity contribution is 0.0311. The number of unbranched alkanes of at least 4 members (excludes halogenated alkanes) is 9. The number of benzene rings is 1. The first kappa shape index (κ1) is 23.1. The standard InChI is InChI=1S/C21H34O6/c1-2-3-4-5-6-7-8-9-10-11-12-26-13-14-27-21(25)17-15-18(22)20(24)19(23)16-17/h15-16,22-24H,2-14H2,1H3. The van der Waals surface area contributed by atoms with E-state index < -0.39 is 23.2 Å². The largest absolute Gasteiger partial charge is 0.504 e. The molecule has 3 N–H and O–H groups in total. The molecule has 1 rings (SSSR count). The summed E-state index contributed by atoms with van der Waals surface area (Å²) in [5.74, 6) is -2.49. The van der Waals surface area contributed by atoms with Gasteiger partial charge in [0, 0.05) is 6.61 Å². The number of carbonyl (C=O) groups is 1. The summed E-state index contributed by atoms with van der Waals surface area (Å²) in [7, 11) is 0. The van der Waals surface area contributed by atoms with Gasteiger partial charge < -0.3 is 24.8 Å². The highest BCUT2D eigenvalue weighted by Gasteiger charge is 2.14. The second-order valence-electron chi connectivity index (χ2n) is 6.79. The molecule has 1 aromatic carbocycles. The number of hydrogen-bond donors (Lipinski definition) is 3. The van der Waals surface area contributed by atoms with E-state index in [1.54, 1.807) is 0 Å². The molecule has 0 saturated carbocycles. The highest BCUT2D eigenvalue weighted by atomic mass is 16.6. The zero-order valence-corrected chi connectivity index (χ0v) is 16.4. The summed E-state index contributed by atoms with van der Waals surface area (Å²) >= 11 is 0. The molecule has 0 aliphatic carbocycles. The molecule has 0 aliphatic rings. The Labute approximate surface area is 162 Å². The summed E-state index contributed by atoms with van der Waals surface area (Å²) in [6.45, 7) is 3.28. The Hall–Kier alpha value is -1.95. The molecule has 0 radical (unpaired) electrons. The number of phenols is 3. The van der Waals surface area contributed by atoms with Crippen LogP contribution in [0.4, 0.5) is 0 Å². The van der Waals surface area contributed by atoms with Crippen LogP contribution in [-0.2, 0) is 9.47 Å². The molecule has 6 heteroatoms. The van der Waals surface area contributed by atoms with Crippen molar-refractivity contribution in [1.29, 1.82) is 0 Å². The van der Waals surface area contributed by atoms with Gasteiger partial charge in [-0.25, -0.2) is 4.79 Å². The van der Waals surface area contributed by atoms with Gasteiger partial charge in [0.25, 0.3) is 0 Å². The predicted octanol–water partition coefficient (Wildman–Crippen LogP) is 4.90. The summed E-state index contributed by atoms with van der Waals surface area (Å²) in [6, 6.07) is 2.09. The summed E-state index contributed by atoms with van der Waals surface area (Å²) in [6.07, 6.45) is 12.7. The van der Waals surface area contributed by atoms with E-state index in [9.17, 15) is 20.1 Å². The molecule has 0 atom stereocenters. The van der Waals surface area contributed by atoms with Crippen molar-refractivity contribution in [3.8, 4) is 17.2 Å². The Morgan fingerprint density at radius 1 is 0.778 bits per heavy atom. The average molecular weight is 382 g/mol. The van der Waals surface area contributed by atoms with Crippen molar-refractivity contribution in [3.63, 3.8) is 0 Å². The van der Waals surface area contributed by atoms with Crippen molar-refractivity contribution < 1.29 is 29.6 Å². The van der Waals surface area contributed by atoms with E-state index >= 15 is 0 Å². The predicted molar refractivity (Wildman–Crippen MR) is 104 cm³/mol. The van der Waals surface area contributed by atoms with Crippen molar-refractivity contribution in [1.82, 2.24) is 0 Å². The molecule has 6 nitrogen and oxygen atoms in total. The zero-order valence-electron chi connectivity index (χ0n) is 16.4. The fourth-order valence-corrected chi connectivity index (χ4v) is 2.79. The molecule has 1 aromatic rings. The molecule has 0 heterocycles. The lowest BCUT2D eigenvalue weighted by Gasteiger charge is -2.08. The normalized spacial score (nSPS) is 10.9. The third kappa shape index (κ3) is 10.1. The molecular formula is C21H34O6. The number of rotatable bonds is 15. The lowest BCUT2D eigenvalue weighted by Crippen LogP contribution is -2.11. The van der Waals surface area contributed by atoms with Crippen LogP contribution in [0.5, 0.6) is 17.2 Å². The van der Waals surface area contributed by atoms with Crippen molar-refractivity contribution >= 4 is 5.97 Å². The molecule has 0 fully saturated rings. The van der Waals surface area contributed by atoms with Crippen LogP contribution < -0.4 is 0 Å². The number of ether oxygens (including phenoxy) is 2. The molecule has 0 spiro atoms. The van der Waals surface area contributed by atoms with Gasteiger partial charge in [-0.3, -0.25) is 0 Å². The van der Waals surface area contributed by atoms with E-state index in [0.29, 0.717) is 13.2 Å². The van der Waals surface area contributed by atoms with Gasteiger partial charge in [-0.1, -0.05) is 64.7 Å². The van der Waals surface area contributed by atoms with Crippen LogP contribution in [0.3, 0.4) is 0 Å². The van der Waals surface area contributed by atoms with Crippen LogP contribution in [0.25, 0.3) is 0 Å². The summed E-state index contributed by atoms with van der Waals surface area (Å²) in [4.78, 5) is 11.8. The minimum absolute atomic E-state index is 0.0301. The molecule has 0 aliphatic heterocycles. The summed E-state index contributed by atoms with van der Waals surface area (Å²) < 4.78 is 10.5. The molecule has 0 amide bonds. The number of phenolic OH excluding ortho intramolecular Hbond substituents is 3. The quantitative estimate of drug-likeness (QED) is 0.227. The van der Waals surface area contributed by atoms with Crippen LogP contribution in [0.15, 0.2) is 12.1 Å². The molecule has 0 saturated heterocycles. The van der Waals surface area contributed by atoms with Gasteiger partial charge in [0.2, 0.25) is 0 Å². The fourth-order valence-electron chi connectivity index (χ4n) is 2.79. The number of esters is 1. The van der Waals surface area contributed by atoms with Gasteiger partial charge in [0.1, 0.15) is 6.61 Å². The fraction of sp³-hybridized carbons (Fsp3) is 0.667. The third-order valence-electron chi connectivity index (χ3n) is 4.41. The Morgan fingerprint density at radius 2 is 1.30 bits per heavy atom. The van der Waals surface area contributed by atoms with Gasteiger partial charge in [-0.15, -0.1) is 0 Å². The number of carbonyl (C=O) groups excluding carboxylic acids is 1. The van der Waals surface area contributed by atoms with Crippen LogP contribution in [-0.4, -0.2) is 41.1 Å². The lowest BCUT2D eigenvalue weighted by atomic mass is 10.1. The molecule has 0 aromatic heterocycles. The molecular weight excluding hydrogens is 348 g/mol. The van der Waals surface area contributed by atoms with Crippen LogP contribution in [0.1, 0.15) is 81.5 Å². The van der Waals surface area contributed by atoms with E-state index in [-0.39, 0.29) is 12.2 Å². The van der Waals surface area contributed by atoms with Crippen LogP contribution in [0, 0.1) is 0 Å². The van der Waals surface area contributed by atoms with Gasteiger partial charge in [0.15, 0.2) is 17.2 Å². The van der Waals surface area contributed by atoms with Gasteiger partial charge >= 0.3 is 5.97 Å². The molecule has 0 bridgehead atoms. The maximum atomic E-state index is 11.8. The molecule has 27 heavy (non-hydrogen) atoms. The minimum atomic E-state index is -0.692. The maximum absolute atomic E-state index is 11.8. The van der Waals surface area contributed by atoms with Gasteiger partial charge in [-0.2, -0.15) is 0 Å². The van der Waals surface area contributed by atoms with Crippen LogP contribution in [0.2, 0.25) is 0 Å². The Balaban J connectivity index is 1.96. The van der Waals surface area contributed by atoms with E-state index in [4.69, 9.17) is 9.47 Å². The topological polar surface area (TPSA) is 96.2 Å². The molecule has 0 unspecified atom stereocenters. The van der Waals surface area contributed by atoms with Crippen molar-refractivity contribution in [3.05, 3.63) is 17.7 Å². The van der Waals surface area contributed by atoms with E-state index in [0.717, 1.165) is 25.0 Å². The Morgan fingerprint density at radius 3 is 1.85 bits per heavy atom. The first-order valence-corrected chi connectivity index (χ1v) is 10.1. The Kier molecular flexibility index (Phi) is 12.1. The van der Waals surface area contributed by atoms with Crippen molar-refractivity contribution in [2.45, 2.75) is 71.1 Å². The first-order valence-electron chi connectivity index (χ1n) is 10.1. The van der Waals surface area contributed by atoms with Crippen molar-refractivity contribution in [2.75, 3.05) is 19.8 Å². The van der Waals surface area contributed by atoms with Gasteiger partial charge in [-0.05, 0) is 18.6 Å². The van der Waals surface area contributed by atoms with Crippen LogP contribution >= 0.6 is 0 Å². The Bertz CT molecular complexity index is 520. The SMILES string of the molecule is CCCCCCCCCCCCOCCOC(=O)c1cc(O)c(O)c(O)c1. The number of hydrogen-bond acceptors (Lipinski definition) is 6. The average Bonchev–Trinajstić information content (AvgIpc) is 2.65. The monoisotopic (exact) mass is 382 g/mol. The van der Waals surface area contributed by atoms with E-state index in [1.807, 2.05) is 0 Å². The number of aromatic hydroxyl groups is 3. The smallest absolute Gasteiger partial charge is 0.338 e. The minimum Gasteiger partial charge on any atom is -0.504 e. The van der Waals surface area contributed by atoms with Gasteiger partial charge in [0.05, 0.1) is 12.2 Å². The highest BCUT2D eigenvalue weighted by molar-refractivity contribution is 5.91. The highest BCUT2D eigenvalue weighted by Crippen LogP contribution is 2.35. The second kappa shape index (κ2) is 14.2. The third-order valence-corrected chi connectivity index (χ3v) is 4.41. The summed E-state index contributed by atoms with van der Waals surface area (Å²) in [5.41, 5.74) is -0.0301. The maximum Gasteiger partial charge on any atom is 0.338 e. The van der Waals surface area contributed by atoms with E-state index in [2.05, 4.69) is 6.92 Å². The second-order valence-corrected chi connectivity index (χ2v) is 6.79. The zero-order chi connectivity index (χ0) is 19.9. The summed E-state index contributed by atoms with van der Waals surface area (Å²) in [5, 5.41) is 28.0. The molecule has 154 valence electrons. The van der Waals surface area contributed by atoms with Crippen molar-refractivity contribution in [2.24, 2.45) is 0 Å².